The average molecular weight is 259 g/mol. The SMILES string of the molecule is C[C@H]([NH2+][C@@H]1CCCc2ccccc21)C(=O)NC1CC1. The molecule has 0 aliphatic heterocycles. The van der Waals surface area contributed by atoms with E-state index in [0.717, 1.165) is 12.8 Å². The molecule has 1 aromatic carbocycles. The van der Waals surface area contributed by atoms with Crippen LogP contribution in [0.1, 0.15) is 49.8 Å². The van der Waals surface area contributed by atoms with Gasteiger partial charge in [0, 0.05) is 18.0 Å². The quantitative estimate of drug-likeness (QED) is 0.841. The minimum Gasteiger partial charge on any atom is -0.348 e. The lowest BCUT2D eigenvalue weighted by molar-refractivity contribution is -0.714. The second kappa shape index (κ2) is 5.33. The smallest absolute Gasteiger partial charge is 0.278 e. The molecule has 1 fully saturated rings. The number of amides is 1. The van der Waals surface area contributed by atoms with E-state index in [1.54, 1.807) is 0 Å². The molecule has 0 saturated heterocycles. The molecule has 0 unspecified atom stereocenters. The second-order valence-corrected chi connectivity index (χ2v) is 5.96. The summed E-state index contributed by atoms with van der Waals surface area (Å²) in [4.78, 5) is 12.0. The van der Waals surface area contributed by atoms with E-state index in [-0.39, 0.29) is 11.9 Å². The molecule has 3 nitrogen and oxygen atoms in total. The summed E-state index contributed by atoms with van der Waals surface area (Å²) in [6.07, 6.45) is 5.91. The highest BCUT2D eigenvalue weighted by atomic mass is 16.2. The fraction of sp³-hybridized carbons (Fsp3) is 0.562. The summed E-state index contributed by atoms with van der Waals surface area (Å²) in [6.45, 7) is 2.02. The van der Waals surface area contributed by atoms with Gasteiger partial charge in [0.2, 0.25) is 0 Å². The normalized spacial score (nSPS) is 23.5. The Labute approximate surface area is 114 Å². The van der Waals surface area contributed by atoms with Gasteiger partial charge in [0.05, 0.1) is 0 Å². The number of benzene rings is 1. The van der Waals surface area contributed by atoms with Gasteiger partial charge in [-0.3, -0.25) is 4.79 Å². The van der Waals surface area contributed by atoms with Gasteiger partial charge in [-0.25, -0.2) is 0 Å². The third-order valence-electron chi connectivity index (χ3n) is 4.27. The van der Waals surface area contributed by atoms with Crippen molar-refractivity contribution in [2.75, 3.05) is 0 Å². The maximum Gasteiger partial charge on any atom is 0.278 e. The van der Waals surface area contributed by atoms with Crippen LogP contribution in [0.3, 0.4) is 0 Å². The number of nitrogens with one attached hydrogen (secondary N) is 1. The zero-order chi connectivity index (χ0) is 13.2. The fourth-order valence-electron chi connectivity index (χ4n) is 2.99. The number of quaternary nitrogens is 1. The topological polar surface area (TPSA) is 45.7 Å². The van der Waals surface area contributed by atoms with E-state index in [0.29, 0.717) is 12.1 Å². The summed E-state index contributed by atoms with van der Waals surface area (Å²) in [5.74, 6) is 0.200. The highest BCUT2D eigenvalue weighted by Gasteiger charge is 2.30. The van der Waals surface area contributed by atoms with Crippen LogP contribution in [0.5, 0.6) is 0 Å². The van der Waals surface area contributed by atoms with Crippen LogP contribution in [0.2, 0.25) is 0 Å². The lowest BCUT2D eigenvalue weighted by Crippen LogP contribution is -2.92. The Bertz CT molecular complexity index is 468. The number of rotatable bonds is 4. The van der Waals surface area contributed by atoms with Gasteiger partial charge >= 0.3 is 0 Å². The van der Waals surface area contributed by atoms with Gasteiger partial charge in [-0.15, -0.1) is 0 Å². The molecule has 3 rings (SSSR count). The molecular weight excluding hydrogens is 236 g/mol. The predicted molar refractivity (Wildman–Crippen MR) is 74.7 cm³/mol. The lowest BCUT2D eigenvalue weighted by atomic mass is 9.87. The minimum atomic E-state index is 0.0109. The van der Waals surface area contributed by atoms with Crippen molar-refractivity contribution >= 4 is 5.91 Å². The molecule has 1 amide bonds. The van der Waals surface area contributed by atoms with Gasteiger partial charge in [0.25, 0.3) is 5.91 Å². The van der Waals surface area contributed by atoms with Crippen LogP contribution in [0.4, 0.5) is 0 Å². The molecule has 2 atom stereocenters. The molecule has 1 aromatic rings. The van der Waals surface area contributed by atoms with Gasteiger partial charge < -0.3 is 10.6 Å². The molecule has 2 aliphatic rings. The number of aryl methyl sites for hydroxylation is 1. The van der Waals surface area contributed by atoms with Crippen LogP contribution in [-0.4, -0.2) is 18.0 Å². The highest BCUT2D eigenvalue weighted by molar-refractivity contribution is 5.80. The fourth-order valence-corrected chi connectivity index (χ4v) is 2.99. The van der Waals surface area contributed by atoms with Crippen LogP contribution < -0.4 is 10.6 Å². The molecular formula is C16H23N2O+. The Balaban J connectivity index is 1.64. The van der Waals surface area contributed by atoms with Gasteiger partial charge in [0.1, 0.15) is 6.04 Å². The van der Waals surface area contributed by atoms with Crippen LogP contribution in [0.15, 0.2) is 24.3 Å². The van der Waals surface area contributed by atoms with E-state index in [2.05, 4.69) is 34.9 Å². The third kappa shape index (κ3) is 2.98. The van der Waals surface area contributed by atoms with E-state index in [1.807, 2.05) is 6.92 Å². The monoisotopic (exact) mass is 259 g/mol. The third-order valence-corrected chi connectivity index (χ3v) is 4.27. The molecule has 0 bridgehead atoms. The molecule has 19 heavy (non-hydrogen) atoms. The summed E-state index contributed by atoms with van der Waals surface area (Å²) in [6, 6.07) is 9.60. The first-order valence-electron chi connectivity index (χ1n) is 7.47. The van der Waals surface area contributed by atoms with Crippen molar-refractivity contribution in [3.63, 3.8) is 0 Å². The molecule has 0 radical (unpaired) electrons. The summed E-state index contributed by atoms with van der Waals surface area (Å²) in [5.41, 5.74) is 2.89. The zero-order valence-electron chi connectivity index (χ0n) is 11.6. The van der Waals surface area contributed by atoms with Gasteiger partial charge in [-0.2, -0.15) is 0 Å². The Morgan fingerprint density at radius 3 is 2.89 bits per heavy atom. The molecule has 3 N–H and O–H groups in total. The molecule has 102 valence electrons. The summed E-state index contributed by atoms with van der Waals surface area (Å²) >= 11 is 0. The molecule has 3 heteroatoms. The van der Waals surface area contributed by atoms with E-state index < -0.39 is 0 Å². The zero-order valence-corrected chi connectivity index (χ0v) is 11.6. The molecule has 0 heterocycles. The first kappa shape index (κ1) is 12.7. The van der Waals surface area contributed by atoms with E-state index in [9.17, 15) is 4.79 Å². The van der Waals surface area contributed by atoms with Crippen LogP contribution in [-0.2, 0) is 11.2 Å². The van der Waals surface area contributed by atoms with Crippen molar-refractivity contribution in [1.82, 2.24) is 5.32 Å². The Morgan fingerprint density at radius 2 is 2.11 bits per heavy atom. The second-order valence-electron chi connectivity index (χ2n) is 5.96. The number of fused-ring (bicyclic) bond motifs is 1. The molecule has 0 aromatic heterocycles. The highest BCUT2D eigenvalue weighted by Crippen LogP contribution is 2.26. The molecule has 0 spiro atoms. The van der Waals surface area contributed by atoms with Crippen molar-refractivity contribution in [3.8, 4) is 0 Å². The first-order chi connectivity index (χ1) is 9.24. The Kier molecular flexibility index (Phi) is 3.56. The van der Waals surface area contributed by atoms with Crippen molar-refractivity contribution in [2.24, 2.45) is 0 Å². The van der Waals surface area contributed by atoms with Gasteiger partial charge in [-0.05, 0) is 38.2 Å². The number of nitrogens with two attached hydrogens (primary N) is 1. The van der Waals surface area contributed by atoms with Crippen molar-refractivity contribution in [1.29, 1.82) is 0 Å². The van der Waals surface area contributed by atoms with Gasteiger partial charge in [0.15, 0.2) is 6.04 Å². The van der Waals surface area contributed by atoms with Crippen molar-refractivity contribution in [3.05, 3.63) is 35.4 Å². The maximum atomic E-state index is 12.0. The largest absolute Gasteiger partial charge is 0.348 e. The van der Waals surface area contributed by atoms with E-state index >= 15 is 0 Å². The summed E-state index contributed by atoms with van der Waals surface area (Å²) in [7, 11) is 0. The summed E-state index contributed by atoms with van der Waals surface area (Å²) in [5, 5.41) is 5.34. The number of carbonyl (C=O) groups is 1. The lowest BCUT2D eigenvalue weighted by Gasteiger charge is -2.26. The van der Waals surface area contributed by atoms with Crippen molar-refractivity contribution < 1.29 is 10.1 Å². The van der Waals surface area contributed by atoms with Crippen molar-refractivity contribution in [2.45, 2.75) is 57.2 Å². The van der Waals surface area contributed by atoms with E-state index in [1.165, 1.54) is 30.4 Å². The number of carbonyl (C=O) groups excluding carboxylic acids is 1. The van der Waals surface area contributed by atoms with Gasteiger partial charge in [-0.1, -0.05) is 24.3 Å². The van der Waals surface area contributed by atoms with Crippen LogP contribution in [0, 0.1) is 0 Å². The predicted octanol–water partition coefficient (Wildman–Crippen LogP) is 1.29. The number of hydrogen-bond donors (Lipinski definition) is 2. The van der Waals surface area contributed by atoms with Crippen LogP contribution >= 0.6 is 0 Å². The summed E-state index contributed by atoms with van der Waals surface area (Å²) < 4.78 is 0. The van der Waals surface area contributed by atoms with Crippen LogP contribution in [0.25, 0.3) is 0 Å². The van der Waals surface area contributed by atoms with E-state index in [4.69, 9.17) is 0 Å². The maximum absolute atomic E-state index is 12.0. The standard InChI is InChI=1S/C16H22N2O/c1-11(16(19)18-13-9-10-13)17-15-8-4-6-12-5-2-3-7-14(12)15/h2-3,5,7,11,13,15,17H,4,6,8-10H2,1H3,(H,18,19)/p+1/t11-,15+/m0/s1. The first-order valence-corrected chi connectivity index (χ1v) is 7.47. The Hall–Kier alpha value is -1.35. The average Bonchev–Trinajstić information content (AvgIpc) is 3.23. The molecule has 2 aliphatic carbocycles. The molecule has 1 saturated carbocycles. The Morgan fingerprint density at radius 1 is 1.32 bits per heavy atom. The number of hydrogen-bond acceptors (Lipinski definition) is 1. The minimum absolute atomic E-state index is 0.0109.